The van der Waals surface area contributed by atoms with Gasteiger partial charge < -0.3 is 10.3 Å². The summed E-state index contributed by atoms with van der Waals surface area (Å²) in [5, 5.41) is 9.74. The van der Waals surface area contributed by atoms with Gasteiger partial charge in [0.25, 0.3) is 5.91 Å². The summed E-state index contributed by atoms with van der Waals surface area (Å²) >= 11 is 0. The highest BCUT2D eigenvalue weighted by molar-refractivity contribution is 7.89. The van der Waals surface area contributed by atoms with Crippen molar-refractivity contribution in [2.24, 2.45) is 0 Å². The first kappa shape index (κ1) is 24.5. The topological polar surface area (TPSA) is 141 Å². The number of pyridine rings is 1. The number of sulfonamides is 1. The second kappa shape index (κ2) is 9.67. The van der Waals surface area contributed by atoms with Crippen LogP contribution in [0.15, 0.2) is 60.0 Å². The zero-order valence-electron chi connectivity index (χ0n) is 19.2. The Morgan fingerprint density at radius 3 is 2.65 bits per heavy atom. The summed E-state index contributed by atoms with van der Waals surface area (Å²) < 4.78 is 54.6. The lowest BCUT2D eigenvalue weighted by molar-refractivity contribution is 0.0992. The van der Waals surface area contributed by atoms with Gasteiger partial charge >= 0.3 is 0 Å². The highest BCUT2D eigenvalue weighted by Crippen LogP contribution is 2.28. The van der Waals surface area contributed by atoms with Gasteiger partial charge in [-0.2, -0.15) is 9.40 Å². The number of H-pyrrole nitrogens is 2. The number of carbonyl (C=O) groups is 2. The molecule has 0 unspecified atom stereocenters. The Kier molecular flexibility index (Phi) is 6.39. The Balaban J connectivity index is 1.37. The number of benzene rings is 1. The molecule has 190 valence electrons. The molecule has 5 rings (SSSR count). The summed E-state index contributed by atoms with van der Waals surface area (Å²) in [6, 6.07) is 5.19. The van der Waals surface area contributed by atoms with E-state index < -0.39 is 32.5 Å². The first-order chi connectivity index (χ1) is 17.7. The molecule has 1 amide bonds. The minimum atomic E-state index is -4.20. The fourth-order valence-corrected chi connectivity index (χ4v) is 5.60. The van der Waals surface area contributed by atoms with Crippen LogP contribution in [-0.2, 0) is 29.4 Å². The minimum absolute atomic E-state index is 0.0722. The number of Topliss-reactive ketones (excluding diaryl/α,β-unsaturated/α-hetero) is 1. The molecule has 3 N–H and O–H groups in total. The SMILES string of the molecule is O=C(Nc1cnccc1C(=O)Cc1n[nH]c2c1CN(S(=O)(=O)c1cc(F)cc(F)c1)CC2)c1cc[nH]c1. The third kappa shape index (κ3) is 4.90. The van der Waals surface area contributed by atoms with Crippen molar-refractivity contribution in [3.05, 3.63) is 94.8 Å². The third-order valence-electron chi connectivity index (χ3n) is 6.02. The predicted octanol–water partition coefficient (Wildman–Crippen LogP) is 2.84. The summed E-state index contributed by atoms with van der Waals surface area (Å²) in [4.78, 5) is 31.9. The van der Waals surface area contributed by atoms with E-state index in [1.165, 1.54) is 24.7 Å². The van der Waals surface area contributed by atoms with Crippen molar-refractivity contribution in [1.82, 2.24) is 24.5 Å². The summed E-state index contributed by atoms with van der Waals surface area (Å²) in [5.74, 6) is -2.78. The first-order valence-corrected chi connectivity index (χ1v) is 12.6. The third-order valence-corrected chi connectivity index (χ3v) is 7.84. The molecular formula is C24H20F2N6O4S. The van der Waals surface area contributed by atoms with Crippen LogP contribution in [0.5, 0.6) is 0 Å². The lowest BCUT2D eigenvalue weighted by Crippen LogP contribution is -2.36. The van der Waals surface area contributed by atoms with Gasteiger partial charge in [-0.3, -0.25) is 19.7 Å². The number of rotatable bonds is 7. The van der Waals surface area contributed by atoms with Crippen LogP contribution in [0.3, 0.4) is 0 Å². The van der Waals surface area contributed by atoms with Crippen LogP contribution < -0.4 is 5.32 Å². The molecule has 0 aliphatic carbocycles. The van der Waals surface area contributed by atoms with E-state index >= 15 is 0 Å². The molecule has 0 atom stereocenters. The Morgan fingerprint density at radius 1 is 1.14 bits per heavy atom. The molecule has 1 aliphatic rings. The van der Waals surface area contributed by atoms with Crippen molar-refractivity contribution in [1.29, 1.82) is 0 Å². The molecule has 10 nitrogen and oxygen atoms in total. The average molecular weight is 527 g/mol. The van der Waals surface area contributed by atoms with Gasteiger partial charge in [-0.25, -0.2) is 17.2 Å². The number of aromatic amines is 2. The van der Waals surface area contributed by atoms with Crippen LogP contribution in [-0.4, -0.2) is 51.1 Å². The minimum Gasteiger partial charge on any atom is -0.367 e. The summed E-state index contributed by atoms with van der Waals surface area (Å²) in [6.45, 7) is -0.0505. The molecule has 0 saturated heterocycles. The largest absolute Gasteiger partial charge is 0.367 e. The van der Waals surface area contributed by atoms with Crippen LogP contribution >= 0.6 is 0 Å². The lowest BCUT2D eigenvalue weighted by Gasteiger charge is -2.26. The van der Waals surface area contributed by atoms with Crippen molar-refractivity contribution in [3.63, 3.8) is 0 Å². The van der Waals surface area contributed by atoms with Gasteiger partial charge in [-0.05, 0) is 24.3 Å². The van der Waals surface area contributed by atoms with Crippen LogP contribution in [0.1, 0.15) is 37.7 Å². The van der Waals surface area contributed by atoms with Crippen LogP contribution in [0.4, 0.5) is 14.5 Å². The predicted molar refractivity (Wildman–Crippen MR) is 127 cm³/mol. The van der Waals surface area contributed by atoms with Crippen molar-refractivity contribution >= 4 is 27.4 Å². The van der Waals surface area contributed by atoms with Gasteiger partial charge in [0.15, 0.2) is 5.78 Å². The fourth-order valence-electron chi connectivity index (χ4n) is 4.15. The van der Waals surface area contributed by atoms with E-state index in [4.69, 9.17) is 0 Å². The Bertz CT molecular complexity index is 1580. The average Bonchev–Trinajstić information content (AvgIpc) is 3.54. The van der Waals surface area contributed by atoms with E-state index in [2.05, 4.69) is 25.5 Å². The summed E-state index contributed by atoms with van der Waals surface area (Å²) in [5.41, 5.74) is 2.35. The molecule has 37 heavy (non-hydrogen) atoms. The zero-order chi connectivity index (χ0) is 26.2. The van der Waals surface area contributed by atoms with Crippen molar-refractivity contribution in [2.75, 3.05) is 11.9 Å². The zero-order valence-corrected chi connectivity index (χ0v) is 20.0. The molecule has 1 aromatic carbocycles. The highest BCUT2D eigenvalue weighted by Gasteiger charge is 2.32. The molecule has 3 aromatic heterocycles. The quantitative estimate of drug-likeness (QED) is 0.316. The maximum atomic E-state index is 13.7. The Morgan fingerprint density at radius 2 is 1.92 bits per heavy atom. The number of hydrogen-bond donors (Lipinski definition) is 3. The van der Waals surface area contributed by atoms with Crippen molar-refractivity contribution in [3.8, 4) is 0 Å². The number of amides is 1. The van der Waals surface area contributed by atoms with Gasteiger partial charge in [-0.15, -0.1) is 0 Å². The lowest BCUT2D eigenvalue weighted by atomic mass is 10.0. The Hall–Kier alpha value is -4.23. The molecule has 4 heterocycles. The number of ketones is 1. The van der Waals surface area contributed by atoms with Gasteiger partial charge in [0, 0.05) is 61.0 Å². The number of nitrogens with zero attached hydrogens (tertiary/aromatic N) is 3. The van der Waals surface area contributed by atoms with E-state index in [9.17, 15) is 26.8 Å². The molecule has 1 aliphatic heterocycles. The maximum absolute atomic E-state index is 13.7. The number of halogens is 2. The summed E-state index contributed by atoms with van der Waals surface area (Å²) in [6.07, 6.45) is 6.00. The van der Waals surface area contributed by atoms with Crippen LogP contribution in [0, 0.1) is 11.6 Å². The second-order valence-corrected chi connectivity index (χ2v) is 10.3. The molecule has 13 heteroatoms. The molecule has 0 bridgehead atoms. The monoisotopic (exact) mass is 526 g/mol. The van der Waals surface area contributed by atoms with E-state index in [0.29, 0.717) is 28.6 Å². The Labute approximate surface area is 209 Å². The first-order valence-electron chi connectivity index (χ1n) is 11.1. The number of nitrogens with one attached hydrogen (secondary N) is 3. The number of anilines is 1. The van der Waals surface area contributed by atoms with E-state index in [0.717, 1.165) is 16.4 Å². The van der Waals surface area contributed by atoms with Gasteiger partial charge in [0.05, 0.1) is 34.5 Å². The molecule has 4 aromatic rings. The van der Waals surface area contributed by atoms with Crippen molar-refractivity contribution in [2.45, 2.75) is 24.3 Å². The normalized spacial score (nSPS) is 13.8. The number of aromatic nitrogens is 4. The molecule has 0 saturated carbocycles. The number of hydrogen-bond acceptors (Lipinski definition) is 6. The molecule has 0 fully saturated rings. The second-order valence-electron chi connectivity index (χ2n) is 8.40. The van der Waals surface area contributed by atoms with Gasteiger partial charge in [0.2, 0.25) is 10.0 Å². The van der Waals surface area contributed by atoms with Crippen LogP contribution in [0.25, 0.3) is 0 Å². The number of fused-ring (bicyclic) bond motifs is 1. The molecule has 0 radical (unpaired) electrons. The van der Waals surface area contributed by atoms with Gasteiger partial charge in [0.1, 0.15) is 11.6 Å². The summed E-state index contributed by atoms with van der Waals surface area (Å²) in [7, 11) is -4.20. The number of carbonyl (C=O) groups excluding carboxylic acids is 2. The highest BCUT2D eigenvalue weighted by atomic mass is 32.2. The maximum Gasteiger partial charge on any atom is 0.257 e. The van der Waals surface area contributed by atoms with E-state index in [-0.39, 0.29) is 43.0 Å². The van der Waals surface area contributed by atoms with E-state index in [1.807, 2.05) is 0 Å². The van der Waals surface area contributed by atoms with Crippen LogP contribution in [0.2, 0.25) is 0 Å². The fraction of sp³-hybridized carbons (Fsp3) is 0.167. The van der Waals surface area contributed by atoms with Gasteiger partial charge in [-0.1, -0.05) is 0 Å². The standard InChI is InChI=1S/C24H20F2N6O4S/c25-15-7-16(26)9-17(8-15)37(35,36)32-6-3-20-19(13-32)21(31-30-20)10-23(33)18-2-5-28-12-22(18)29-24(34)14-1-4-27-11-14/h1-2,4-5,7-9,11-12,27H,3,6,10,13H2,(H,29,34)(H,30,31). The molecule has 0 spiro atoms. The van der Waals surface area contributed by atoms with E-state index in [1.54, 1.807) is 12.3 Å². The smallest absolute Gasteiger partial charge is 0.257 e. The van der Waals surface area contributed by atoms with Crippen molar-refractivity contribution < 1.29 is 26.8 Å². The molecular weight excluding hydrogens is 506 g/mol.